The summed E-state index contributed by atoms with van der Waals surface area (Å²) >= 11 is 0. The minimum atomic E-state index is 0.401. The SMILES string of the molecule is Cc1cccc(N(C)N)c1OCc1ccco1.NNC=O. The van der Waals surface area contributed by atoms with Crippen molar-refractivity contribution in [3.05, 3.63) is 47.9 Å². The van der Waals surface area contributed by atoms with Crippen LogP contribution in [-0.4, -0.2) is 13.5 Å². The number of ether oxygens (including phenoxy) is 1. The lowest BCUT2D eigenvalue weighted by molar-refractivity contribution is -0.109. The molecule has 2 rings (SSSR count). The quantitative estimate of drug-likeness (QED) is 0.329. The second-order valence-corrected chi connectivity index (χ2v) is 4.19. The lowest BCUT2D eigenvalue weighted by Crippen LogP contribution is -2.25. The number of anilines is 1. The van der Waals surface area contributed by atoms with Gasteiger partial charge in [0.1, 0.15) is 18.1 Å². The van der Waals surface area contributed by atoms with Crippen molar-refractivity contribution in [1.29, 1.82) is 0 Å². The highest BCUT2D eigenvalue weighted by Gasteiger charge is 2.09. The Morgan fingerprint density at radius 3 is 2.62 bits per heavy atom. The number of amides is 1. The van der Waals surface area contributed by atoms with E-state index in [1.54, 1.807) is 23.7 Å². The molecule has 1 aromatic carbocycles. The van der Waals surface area contributed by atoms with Gasteiger partial charge in [0.05, 0.1) is 12.0 Å². The Balaban J connectivity index is 0.000000491. The van der Waals surface area contributed by atoms with Crippen LogP contribution in [0.1, 0.15) is 11.3 Å². The average molecular weight is 292 g/mol. The molecule has 0 aliphatic rings. The normalized spacial score (nSPS) is 9.33. The first-order chi connectivity index (χ1) is 10.1. The number of hydrogen-bond donors (Lipinski definition) is 3. The van der Waals surface area contributed by atoms with Crippen LogP contribution >= 0.6 is 0 Å². The molecule has 1 heterocycles. The second-order valence-electron chi connectivity index (χ2n) is 4.19. The van der Waals surface area contributed by atoms with Crippen molar-refractivity contribution in [3.63, 3.8) is 0 Å². The molecule has 0 aliphatic carbocycles. The van der Waals surface area contributed by atoms with E-state index >= 15 is 0 Å². The maximum absolute atomic E-state index is 8.94. The van der Waals surface area contributed by atoms with Gasteiger partial charge in [0, 0.05) is 7.05 Å². The van der Waals surface area contributed by atoms with Gasteiger partial charge in [-0.3, -0.25) is 10.2 Å². The van der Waals surface area contributed by atoms with Crippen LogP contribution in [0.5, 0.6) is 5.75 Å². The van der Waals surface area contributed by atoms with E-state index < -0.39 is 0 Å². The molecule has 21 heavy (non-hydrogen) atoms. The van der Waals surface area contributed by atoms with Crippen molar-refractivity contribution < 1.29 is 13.9 Å². The number of nitrogens with zero attached hydrogens (tertiary/aromatic N) is 1. The van der Waals surface area contributed by atoms with Gasteiger partial charge < -0.3 is 14.2 Å². The Bertz CT molecular complexity index is 541. The predicted molar refractivity (Wildman–Crippen MR) is 80.2 cm³/mol. The number of carbonyl (C=O) groups is 1. The molecule has 7 nitrogen and oxygen atoms in total. The fourth-order valence-electron chi connectivity index (χ4n) is 1.64. The van der Waals surface area contributed by atoms with E-state index in [4.69, 9.17) is 19.8 Å². The summed E-state index contributed by atoms with van der Waals surface area (Å²) in [5, 5.41) is 1.55. The Kier molecular flexibility index (Phi) is 6.79. The van der Waals surface area contributed by atoms with Crippen molar-refractivity contribution in [3.8, 4) is 5.75 Å². The Labute approximate surface area is 123 Å². The molecule has 114 valence electrons. The molecule has 0 atom stereocenters. The van der Waals surface area contributed by atoms with Crippen LogP contribution in [0, 0.1) is 6.92 Å². The zero-order valence-corrected chi connectivity index (χ0v) is 12.1. The van der Waals surface area contributed by atoms with E-state index in [2.05, 4.69) is 5.84 Å². The molecule has 0 unspecified atom stereocenters. The third-order valence-electron chi connectivity index (χ3n) is 2.58. The smallest absolute Gasteiger partial charge is 0.221 e. The molecule has 2 aromatic rings. The number of hydrogen-bond acceptors (Lipinski definition) is 6. The monoisotopic (exact) mass is 292 g/mol. The summed E-state index contributed by atoms with van der Waals surface area (Å²) in [6.45, 7) is 2.39. The lowest BCUT2D eigenvalue weighted by Gasteiger charge is -2.18. The minimum Gasteiger partial charge on any atom is -0.483 e. The Morgan fingerprint density at radius 1 is 1.38 bits per heavy atom. The fraction of sp³-hybridized carbons (Fsp3) is 0.214. The number of rotatable bonds is 5. The van der Waals surface area contributed by atoms with E-state index in [1.807, 2.05) is 37.3 Å². The molecule has 5 N–H and O–H groups in total. The highest BCUT2D eigenvalue weighted by atomic mass is 16.5. The first-order valence-corrected chi connectivity index (χ1v) is 6.23. The zero-order valence-electron chi connectivity index (χ0n) is 12.1. The summed E-state index contributed by atoms with van der Waals surface area (Å²) in [6, 6.07) is 9.58. The number of nitrogens with two attached hydrogens (primary N) is 2. The molecule has 0 spiro atoms. The van der Waals surface area contributed by atoms with Crippen LogP contribution < -0.4 is 26.9 Å². The maximum Gasteiger partial charge on any atom is 0.221 e. The molecular formula is C14H20N4O3. The highest BCUT2D eigenvalue weighted by molar-refractivity contribution is 5.60. The third-order valence-corrected chi connectivity index (χ3v) is 2.58. The topological polar surface area (TPSA) is 107 Å². The summed E-state index contributed by atoms with van der Waals surface area (Å²) < 4.78 is 11.0. The molecule has 0 saturated heterocycles. The van der Waals surface area contributed by atoms with Gasteiger partial charge in [-0.1, -0.05) is 12.1 Å². The highest BCUT2D eigenvalue weighted by Crippen LogP contribution is 2.30. The summed E-state index contributed by atoms with van der Waals surface area (Å²) in [4.78, 5) is 8.94. The van der Waals surface area contributed by atoms with E-state index in [1.165, 1.54) is 0 Å². The molecule has 0 bridgehead atoms. The molecule has 0 aliphatic heterocycles. The van der Waals surface area contributed by atoms with Gasteiger partial charge in [0.15, 0.2) is 0 Å². The van der Waals surface area contributed by atoms with E-state index in [0.29, 0.717) is 13.0 Å². The van der Waals surface area contributed by atoms with Gasteiger partial charge >= 0.3 is 0 Å². The van der Waals surface area contributed by atoms with Crippen LogP contribution in [0.4, 0.5) is 5.69 Å². The molecule has 1 amide bonds. The summed E-state index contributed by atoms with van der Waals surface area (Å²) in [7, 11) is 1.79. The molecule has 0 radical (unpaired) electrons. The number of nitrogens with one attached hydrogen (secondary N) is 1. The second kappa shape index (κ2) is 8.62. The Hall–Kier alpha value is -2.51. The average Bonchev–Trinajstić information content (AvgIpc) is 2.99. The summed E-state index contributed by atoms with van der Waals surface area (Å²) in [5.74, 6) is 11.7. The number of furan rings is 1. The van der Waals surface area contributed by atoms with Crippen LogP contribution in [0.15, 0.2) is 41.0 Å². The van der Waals surface area contributed by atoms with Crippen LogP contribution in [0.2, 0.25) is 0 Å². The third kappa shape index (κ3) is 5.17. The number of aryl methyl sites for hydroxylation is 1. The maximum atomic E-state index is 8.94. The van der Waals surface area contributed by atoms with Crippen molar-refractivity contribution in [2.24, 2.45) is 11.7 Å². The van der Waals surface area contributed by atoms with Crippen LogP contribution in [-0.2, 0) is 11.4 Å². The largest absolute Gasteiger partial charge is 0.483 e. The fourth-order valence-corrected chi connectivity index (χ4v) is 1.64. The minimum absolute atomic E-state index is 0.401. The first-order valence-electron chi connectivity index (χ1n) is 6.23. The van der Waals surface area contributed by atoms with Crippen LogP contribution in [0.25, 0.3) is 0 Å². The zero-order chi connectivity index (χ0) is 15.7. The number of para-hydroxylation sites is 1. The molecular weight excluding hydrogens is 272 g/mol. The summed E-state index contributed by atoms with van der Waals surface area (Å²) in [6.07, 6.45) is 2.03. The first kappa shape index (κ1) is 16.5. The van der Waals surface area contributed by atoms with Gasteiger partial charge in [-0.15, -0.1) is 0 Å². The Morgan fingerprint density at radius 2 is 2.10 bits per heavy atom. The van der Waals surface area contributed by atoms with Crippen molar-refractivity contribution in [1.82, 2.24) is 5.43 Å². The standard InChI is InChI=1S/C13H16N2O2.CH4N2O/c1-10-5-3-7-12(15(2)14)13(10)17-9-11-6-4-8-16-11;2-3-1-4/h3-8H,9,14H2,1-2H3;1H,2H2,(H,3,4). The molecule has 0 saturated carbocycles. The number of carbonyl (C=O) groups excluding carboxylic acids is 1. The number of benzene rings is 1. The van der Waals surface area contributed by atoms with Gasteiger partial charge in [-0.2, -0.15) is 0 Å². The van der Waals surface area contributed by atoms with Gasteiger partial charge in [0.2, 0.25) is 6.41 Å². The van der Waals surface area contributed by atoms with Gasteiger partial charge in [-0.25, -0.2) is 11.7 Å². The summed E-state index contributed by atoms with van der Waals surface area (Å²) in [5.41, 5.74) is 3.66. The van der Waals surface area contributed by atoms with Crippen LogP contribution in [0.3, 0.4) is 0 Å². The molecule has 7 heteroatoms. The molecule has 1 aromatic heterocycles. The van der Waals surface area contributed by atoms with E-state index in [9.17, 15) is 0 Å². The van der Waals surface area contributed by atoms with E-state index in [0.717, 1.165) is 22.8 Å². The van der Waals surface area contributed by atoms with Crippen molar-refractivity contribution in [2.75, 3.05) is 12.1 Å². The molecule has 0 fully saturated rings. The van der Waals surface area contributed by atoms with Gasteiger partial charge in [0.25, 0.3) is 0 Å². The number of hydrazine groups is 2. The van der Waals surface area contributed by atoms with Crippen molar-refractivity contribution in [2.45, 2.75) is 13.5 Å². The van der Waals surface area contributed by atoms with Crippen molar-refractivity contribution >= 4 is 12.1 Å². The lowest BCUT2D eigenvalue weighted by atomic mass is 10.2. The van der Waals surface area contributed by atoms with Gasteiger partial charge in [-0.05, 0) is 30.7 Å². The predicted octanol–water partition coefficient (Wildman–Crippen LogP) is 1.08. The van der Waals surface area contributed by atoms with E-state index in [-0.39, 0.29) is 0 Å².